The van der Waals surface area contributed by atoms with E-state index < -0.39 is 5.41 Å². The zero-order valence-electron chi connectivity index (χ0n) is 18.3. The lowest BCUT2D eigenvalue weighted by atomic mass is 9.68. The molecule has 4 nitrogen and oxygen atoms in total. The normalized spacial score (nSPS) is 16.0. The third kappa shape index (κ3) is 2.82. The van der Waals surface area contributed by atoms with Crippen LogP contribution in [0.2, 0.25) is 0 Å². The lowest BCUT2D eigenvalue weighted by molar-refractivity contribution is -0.384. The summed E-state index contributed by atoms with van der Waals surface area (Å²) < 4.78 is 0. The van der Waals surface area contributed by atoms with Crippen LogP contribution in [-0.4, -0.2) is 9.91 Å². The fourth-order valence-electron chi connectivity index (χ4n) is 5.39. The molecule has 1 unspecified atom stereocenters. The van der Waals surface area contributed by atoms with Gasteiger partial charge in [0, 0.05) is 18.5 Å². The second-order valence-corrected chi connectivity index (χ2v) is 8.44. The third-order valence-electron chi connectivity index (χ3n) is 6.76. The Bertz CT molecular complexity index is 1490. The van der Waals surface area contributed by atoms with Gasteiger partial charge in [-0.3, -0.25) is 15.1 Å². The number of hydrogen-bond donors (Lipinski definition) is 0. The maximum Gasteiger partial charge on any atom is 0.277 e. The lowest BCUT2D eigenvalue weighted by Crippen LogP contribution is -2.28. The first kappa shape index (κ1) is 20.1. The van der Waals surface area contributed by atoms with Gasteiger partial charge in [0.05, 0.1) is 15.9 Å². The maximum atomic E-state index is 11.7. The van der Waals surface area contributed by atoms with E-state index in [1.165, 1.54) is 5.56 Å². The van der Waals surface area contributed by atoms with E-state index in [9.17, 15) is 10.1 Å². The van der Waals surface area contributed by atoms with Crippen LogP contribution < -0.4 is 0 Å². The fourth-order valence-corrected chi connectivity index (χ4v) is 5.39. The lowest BCUT2D eigenvalue weighted by Gasteiger charge is -2.33. The quantitative estimate of drug-likeness (QED) is 0.219. The van der Waals surface area contributed by atoms with Crippen LogP contribution in [0.4, 0.5) is 5.69 Å². The second-order valence-electron chi connectivity index (χ2n) is 8.44. The zero-order chi connectivity index (χ0) is 23.1. The molecule has 0 radical (unpaired) electrons. The minimum absolute atomic E-state index is 0.107. The Morgan fingerprint density at radius 2 is 1.32 bits per heavy atom. The number of para-hydroxylation sites is 1. The van der Waals surface area contributed by atoms with Crippen molar-refractivity contribution < 1.29 is 4.92 Å². The van der Waals surface area contributed by atoms with Crippen molar-refractivity contribution in [1.82, 2.24) is 4.98 Å². The molecule has 0 fully saturated rings. The van der Waals surface area contributed by atoms with Crippen molar-refractivity contribution in [3.8, 4) is 22.3 Å². The van der Waals surface area contributed by atoms with Crippen LogP contribution in [0.15, 0.2) is 122 Å². The Morgan fingerprint density at radius 1 is 0.647 bits per heavy atom. The van der Waals surface area contributed by atoms with Crippen LogP contribution in [0.5, 0.6) is 0 Å². The monoisotopic (exact) mass is 440 g/mol. The molecular weight excluding hydrogens is 420 g/mol. The van der Waals surface area contributed by atoms with Crippen LogP contribution in [-0.2, 0) is 5.41 Å². The minimum atomic E-state index is -0.525. The zero-order valence-corrected chi connectivity index (χ0v) is 18.3. The van der Waals surface area contributed by atoms with E-state index in [1.54, 1.807) is 18.3 Å². The van der Waals surface area contributed by atoms with E-state index in [-0.39, 0.29) is 10.6 Å². The molecule has 1 aromatic heterocycles. The summed E-state index contributed by atoms with van der Waals surface area (Å²) in [6, 6.07) is 36.1. The molecule has 4 aromatic carbocycles. The third-order valence-corrected chi connectivity index (χ3v) is 6.76. The van der Waals surface area contributed by atoms with Crippen molar-refractivity contribution in [2.24, 2.45) is 0 Å². The summed E-state index contributed by atoms with van der Waals surface area (Å²) in [5.41, 5.74) is 7.82. The summed E-state index contributed by atoms with van der Waals surface area (Å²) in [5, 5.41) is 11.7. The maximum absolute atomic E-state index is 11.7. The predicted molar refractivity (Wildman–Crippen MR) is 134 cm³/mol. The van der Waals surface area contributed by atoms with Crippen molar-refractivity contribution in [2.45, 2.75) is 5.41 Å². The van der Waals surface area contributed by atoms with E-state index >= 15 is 0 Å². The van der Waals surface area contributed by atoms with Crippen molar-refractivity contribution >= 4 is 5.69 Å². The van der Waals surface area contributed by atoms with Crippen LogP contribution >= 0.6 is 0 Å². The van der Waals surface area contributed by atoms with Gasteiger partial charge in [-0.1, -0.05) is 84.9 Å². The number of aromatic nitrogens is 1. The van der Waals surface area contributed by atoms with Gasteiger partial charge in [0.2, 0.25) is 0 Å². The van der Waals surface area contributed by atoms with Crippen LogP contribution in [0, 0.1) is 10.1 Å². The molecule has 6 rings (SSSR count). The van der Waals surface area contributed by atoms with Gasteiger partial charge < -0.3 is 0 Å². The molecule has 4 heteroatoms. The molecule has 0 saturated heterocycles. The van der Waals surface area contributed by atoms with Gasteiger partial charge in [-0.05, 0) is 57.1 Å². The number of benzene rings is 4. The summed E-state index contributed by atoms with van der Waals surface area (Å²) in [5.74, 6) is 0. The van der Waals surface area contributed by atoms with Gasteiger partial charge in [0.1, 0.15) is 0 Å². The number of nitro groups is 1. The highest BCUT2D eigenvalue weighted by Gasteiger charge is 2.46. The minimum Gasteiger partial charge on any atom is -0.264 e. The Morgan fingerprint density at radius 3 is 2.09 bits per heavy atom. The van der Waals surface area contributed by atoms with Crippen LogP contribution in [0.25, 0.3) is 22.3 Å². The molecule has 1 heterocycles. The summed E-state index contributed by atoms with van der Waals surface area (Å²) in [7, 11) is 0. The number of rotatable bonds is 4. The molecule has 0 amide bonds. The molecule has 0 spiro atoms. The van der Waals surface area contributed by atoms with Gasteiger partial charge in [0.25, 0.3) is 5.69 Å². The Hall–Kier alpha value is -4.57. The van der Waals surface area contributed by atoms with Crippen molar-refractivity contribution in [3.63, 3.8) is 0 Å². The molecule has 1 aliphatic rings. The topological polar surface area (TPSA) is 56.0 Å². The molecule has 1 atom stereocenters. The number of nitro benzene ring substituents is 1. The first-order valence-corrected chi connectivity index (χ1v) is 11.2. The highest BCUT2D eigenvalue weighted by atomic mass is 16.6. The van der Waals surface area contributed by atoms with Crippen LogP contribution in [0.3, 0.4) is 0 Å². The van der Waals surface area contributed by atoms with Crippen LogP contribution in [0.1, 0.15) is 22.3 Å². The van der Waals surface area contributed by atoms with E-state index in [0.717, 1.165) is 33.4 Å². The van der Waals surface area contributed by atoms with E-state index in [0.29, 0.717) is 5.56 Å². The molecule has 0 N–H and O–H groups in total. The largest absolute Gasteiger partial charge is 0.277 e. The molecule has 0 bridgehead atoms. The fraction of sp³-hybridized carbons (Fsp3) is 0.0333. The highest BCUT2D eigenvalue weighted by Crippen LogP contribution is 2.56. The Labute approximate surface area is 197 Å². The SMILES string of the molecule is O=[N+]([O-])c1ccccc1-c1ccc2c(c1)-c1ccccc1C2(c1ccccc1)c1cccnc1. The summed E-state index contributed by atoms with van der Waals surface area (Å²) >= 11 is 0. The van der Waals surface area contributed by atoms with Gasteiger partial charge in [-0.2, -0.15) is 0 Å². The van der Waals surface area contributed by atoms with Gasteiger partial charge >= 0.3 is 0 Å². The first-order chi connectivity index (χ1) is 16.7. The highest BCUT2D eigenvalue weighted by molar-refractivity contribution is 5.89. The molecule has 0 saturated carbocycles. The molecule has 5 aromatic rings. The molecular formula is C30H20N2O2. The smallest absolute Gasteiger partial charge is 0.264 e. The first-order valence-electron chi connectivity index (χ1n) is 11.2. The number of fused-ring (bicyclic) bond motifs is 3. The van der Waals surface area contributed by atoms with Crippen molar-refractivity contribution in [1.29, 1.82) is 0 Å². The number of nitrogens with zero attached hydrogens (tertiary/aromatic N) is 2. The van der Waals surface area contributed by atoms with E-state index in [4.69, 9.17) is 0 Å². The van der Waals surface area contributed by atoms with Gasteiger partial charge in [-0.15, -0.1) is 0 Å². The molecule has 162 valence electrons. The van der Waals surface area contributed by atoms with Crippen molar-refractivity contribution in [3.05, 3.63) is 154 Å². The summed E-state index contributed by atoms with van der Waals surface area (Å²) in [4.78, 5) is 15.8. The summed E-state index contributed by atoms with van der Waals surface area (Å²) in [6.45, 7) is 0. The van der Waals surface area contributed by atoms with E-state index in [1.807, 2.05) is 42.6 Å². The van der Waals surface area contributed by atoms with Crippen molar-refractivity contribution in [2.75, 3.05) is 0 Å². The molecule has 34 heavy (non-hydrogen) atoms. The average Bonchev–Trinajstić information content (AvgIpc) is 3.20. The van der Waals surface area contributed by atoms with Gasteiger partial charge in [-0.25, -0.2) is 0 Å². The number of hydrogen-bond acceptors (Lipinski definition) is 3. The average molecular weight is 441 g/mol. The molecule has 0 aliphatic heterocycles. The number of pyridine rings is 1. The second kappa shape index (κ2) is 7.78. The Balaban J connectivity index is 1.69. The Kier molecular flexibility index (Phi) is 4.59. The predicted octanol–water partition coefficient (Wildman–Crippen LogP) is 7.02. The molecule has 1 aliphatic carbocycles. The van der Waals surface area contributed by atoms with Gasteiger partial charge in [0.15, 0.2) is 0 Å². The standard InChI is InChI=1S/C30H20N2O2/c33-32(34)29-15-7-5-12-24(29)21-16-17-28-26(19-21)25-13-4-6-14-27(25)30(28,22-9-2-1-3-10-22)23-11-8-18-31-20-23/h1-20H. The summed E-state index contributed by atoms with van der Waals surface area (Å²) in [6.07, 6.45) is 3.73. The van der Waals surface area contributed by atoms with E-state index in [2.05, 4.69) is 65.6 Å².